The van der Waals surface area contributed by atoms with E-state index < -0.39 is 17.4 Å². The number of nitrogens with zero attached hydrogens (tertiary/aromatic N) is 2. The summed E-state index contributed by atoms with van der Waals surface area (Å²) < 4.78 is 4.36. The SMILES string of the molecule is NC(OC(=O)N1CCCC1)[N+](=O)[O-]. The first-order valence-electron chi connectivity index (χ1n) is 3.96. The molecule has 0 aliphatic carbocycles. The van der Waals surface area contributed by atoms with Crippen LogP contribution in [0.3, 0.4) is 0 Å². The zero-order chi connectivity index (χ0) is 9.84. The standard InChI is InChI=1S/C6H11N3O4/c7-5(9(11)12)13-6(10)8-3-1-2-4-8/h5H,1-4,7H2. The Bertz CT molecular complexity index is 214. The molecule has 1 fully saturated rings. The van der Waals surface area contributed by atoms with Crippen LogP contribution in [0, 0.1) is 10.1 Å². The summed E-state index contributed by atoms with van der Waals surface area (Å²) in [5, 5.41) is 10.0. The van der Waals surface area contributed by atoms with Crippen LogP contribution in [0.1, 0.15) is 12.8 Å². The summed E-state index contributed by atoms with van der Waals surface area (Å²) in [7, 11) is 0. The third-order valence-corrected chi connectivity index (χ3v) is 1.79. The molecule has 0 aromatic heterocycles. The van der Waals surface area contributed by atoms with Gasteiger partial charge in [-0.2, -0.15) is 0 Å². The van der Waals surface area contributed by atoms with Crippen LogP contribution in [0.4, 0.5) is 4.79 Å². The van der Waals surface area contributed by atoms with Gasteiger partial charge in [0.2, 0.25) is 0 Å². The van der Waals surface area contributed by atoms with Crippen molar-refractivity contribution in [1.82, 2.24) is 4.90 Å². The van der Waals surface area contributed by atoms with Crippen LogP contribution in [0.25, 0.3) is 0 Å². The first-order valence-corrected chi connectivity index (χ1v) is 3.96. The Hall–Kier alpha value is -1.37. The van der Waals surface area contributed by atoms with Gasteiger partial charge in [0.1, 0.15) is 0 Å². The van der Waals surface area contributed by atoms with Crippen molar-refractivity contribution in [2.75, 3.05) is 13.1 Å². The first kappa shape index (κ1) is 9.72. The van der Waals surface area contributed by atoms with E-state index in [0.717, 1.165) is 12.8 Å². The molecule has 7 heteroatoms. The van der Waals surface area contributed by atoms with Crippen LogP contribution >= 0.6 is 0 Å². The molecule has 2 N–H and O–H groups in total. The molecule has 74 valence electrons. The van der Waals surface area contributed by atoms with Gasteiger partial charge in [-0.15, -0.1) is 0 Å². The van der Waals surface area contributed by atoms with Gasteiger partial charge in [-0.3, -0.25) is 10.1 Å². The highest BCUT2D eigenvalue weighted by atomic mass is 16.7. The van der Waals surface area contributed by atoms with E-state index in [2.05, 4.69) is 4.74 Å². The average Bonchev–Trinajstić information content (AvgIpc) is 2.55. The van der Waals surface area contributed by atoms with E-state index >= 15 is 0 Å². The van der Waals surface area contributed by atoms with Crippen molar-refractivity contribution >= 4 is 6.09 Å². The first-order chi connectivity index (χ1) is 6.11. The Balaban J connectivity index is 2.35. The van der Waals surface area contributed by atoms with Crippen LogP contribution < -0.4 is 5.73 Å². The number of ether oxygens (including phenoxy) is 1. The summed E-state index contributed by atoms with van der Waals surface area (Å²) in [6, 6.07) is 0. The molecule has 13 heavy (non-hydrogen) atoms. The van der Waals surface area contributed by atoms with E-state index in [0.29, 0.717) is 13.1 Å². The average molecular weight is 189 g/mol. The molecule has 0 aromatic rings. The molecule has 1 rings (SSSR count). The molecule has 1 saturated heterocycles. The summed E-state index contributed by atoms with van der Waals surface area (Å²) in [5.74, 6) is 0. The van der Waals surface area contributed by atoms with E-state index in [1.54, 1.807) is 0 Å². The zero-order valence-corrected chi connectivity index (χ0v) is 7.01. The van der Waals surface area contributed by atoms with E-state index in [1.807, 2.05) is 0 Å². The molecule has 0 aromatic carbocycles. The predicted molar refractivity (Wildman–Crippen MR) is 42.3 cm³/mol. The number of nitrogens with two attached hydrogens (primary N) is 1. The van der Waals surface area contributed by atoms with Crippen molar-refractivity contribution in [3.05, 3.63) is 10.1 Å². The smallest absolute Gasteiger partial charge is 0.368 e. The molecule has 0 spiro atoms. The number of likely N-dealkylation sites (tertiary alicyclic amines) is 1. The van der Waals surface area contributed by atoms with Gasteiger partial charge in [-0.1, -0.05) is 0 Å². The highest BCUT2D eigenvalue weighted by Crippen LogP contribution is 2.09. The fourth-order valence-corrected chi connectivity index (χ4v) is 1.12. The molecule has 7 nitrogen and oxygen atoms in total. The summed E-state index contributed by atoms with van der Waals surface area (Å²) in [4.78, 5) is 21.7. The fourth-order valence-electron chi connectivity index (χ4n) is 1.12. The molecule has 0 saturated carbocycles. The summed E-state index contributed by atoms with van der Waals surface area (Å²) in [5.41, 5.74) is 4.92. The maximum atomic E-state index is 11.1. The van der Waals surface area contributed by atoms with E-state index in [4.69, 9.17) is 5.73 Å². The normalized spacial score (nSPS) is 18.4. The Labute approximate surface area is 74.6 Å². The van der Waals surface area contributed by atoms with Gasteiger partial charge in [0.15, 0.2) is 0 Å². The minimum Gasteiger partial charge on any atom is -0.368 e. The van der Waals surface area contributed by atoms with Crippen LogP contribution in [0.15, 0.2) is 0 Å². The van der Waals surface area contributed by atoms with Crippen molar-refractivity contribution in [1.29, 1.82) is 0 Å². The van der Waals surface area contributed by atoms with Crippen molar-refractivity contribution in [3.63, 3.8) is 0 Å². The Morgan fingerprint density at radius 1 is 1.54 bits per heavy atom. The van der Waals surface area contributed by atoms with Crippen LogP contribution in [-0.2, 0) is 4.74 Å². The van der Waals surface area contributed by atoms with Gasteiger partial charge >= 0.3 is 12.4 Å². The van der Waals surface area contributed by atoms with Crippen molar-refractivity contribution in [2.24, 2.45) is 5.73 Å². The van der Waals surface area contributed by atoms with Gasteiger partial charge in [0, 0.05) is 13.1 Å². The lowest BCUT2D eigenvalue weighted by Crippen LogP contribution is -2.39. The minimum atomic E-state index is -1.76. The minimum absolute atomic E-state index is 0.587. The number of hydrogen-bond donors (Lipinski definition) is 1. The Morgan fingerprint density at radius 2 is 2.08 bits per heavy atom. The quantitative estimate of drug-likeness (QED) is 0.366. The molecule has 1 atom stereocenters. The largest absolute Gasteiger partial charge is 0.417 e. The van der Waals surface area contributed by atoms with Crippen LogP contribution in [0.5, 0.6) is 0 Å². The lowest BCUT2D eigenvalue weighted by molar-refractivity contribution is -0.566. The highest BCUT2D eigenvalue weighted by Gasteiger charge is 2.25. The van der Waals surface area contributed by atoms with Crippen molar-refractivity contribution < 1.29 is 14.5 Å². The van der Waals surface area contributed by atoms with E-state index in [1.165, 1.54) is 4.90 Å². The monoisotopic (exact) mass is 189 g/mol. The van der Waals surface area contributed by atoms with Gasteiger partial charge in [0.05, 0.1) is 4.92 Å². The summed E-state index contributed by atoms with van der Waals surface area (Å²) in [6.07, 6.45) is -0.652. The topological polar surface area (TPSA) is 98.7 Å². The van der Waals surface area contributed by atoms with E-state index in [-0.39, 0.29) is 0 Å². The molecule has 1 amide bonds. The van der Waals surface area contributed by atoms with Crippen LogP contribution in [-0.4, -0.2) is 35.4 Å². The number of carbonyl (C=O) groups is 1. The lowest BCUT2D eigenvalue weighted by Gasteiger charge is -2.14. The number of hydrogen-bond acceptors (Lipinski definition) is 5. The molecule has 1 aliphatic rings. The number of nitro groups is 1. The van der Waals surface area contributed by atoms with Gasteiger partial charge < -0.3 is 9.64 Å². The summed E-state index contributed by atoms with van der Waals surface area (Å²) >= 11 is 0. The van der Waals surface area contributed by atoms with Gasteiger partial charge in [-0.25, -0.2) is 10.5 Å². The van der Waals surface area contributed by atoms with Crippen LogP contribution in [0.2, 0.25) is 0 Å². The maximum Gasteiger partial charge on any atom is 0.417 e. The molecule has 0 radical (unpaired) electrons. The van der Waals surface area contributed by atoms with Gasteiger partial charge in [-0.05, 0) is 12.8 Å². The second-order valence-corrected chi connectivity index (χ2v) is 2.75. The van der Waals surface area contributed by atoms with Crippen molar-refractivity contribution in [3.8, 4) is 0 Å². The van der Waals surface area contributed by atoms with Crippen molar-refractivity contribution in [2.45, 2.75) is 19.2 Å². The lowest BCUT2D eigenvalue weighted by atomic mass is 10.4. The fraction of sp³-hybridized carbons (Fsp3) is 0.833. The molecule has 0 bridgehead atoms. The molecular formula is C6H11N3O4. The zero-order valence-electron chi connectivity index (χ0n) is 7.01. The number of rotatable bonds is 2. The van der Waals surface area contributed by atoms with E-state index in [9.17, 15) is 14.9 Å². The molecule has 1 heterocycles. The second-order valence-electron chi connectivity index (χ2n) is 2.75. The Morgan fingerprint density at radius 3 is 2.54 bits per heavy atom. The number of carbonyl (C=O) groups excluding carboxylic acids is 1. The molecule has 1 aliphatic heterocycles. The van der Waals surface area contributed by atoms with Gasteiger partial charge in [0.25, 0.3) is 0 Å². The summed E-state index contributed by atoms with van der Waals surface area (Å²) in [6.45, 7) is 1.17. The second kappa shape index (κ2) is 4.04. The highest BCUT2D eigenvalue weighted by molar-refractivity contribution is 5.67. The Kier molecular flexibility index (Phi) is 3.02. The predicted octanol–water partition coefficient (Wildman–Crippen LogP) is -0.262. The third-order valence-electron chi connectivity index (χ3n) is 1.79. The molecular weight excluding hydrogens is 178 g/mol. The number of amides is 1. The maximum absolute atomic E-state index is 11.1. The third kappa shape index (κ3) is 2.55. The molecule has 1 unspecified atom stereocenters.